The Kier molecular flexibility index (Phi) is 6.60. The monoisotopic (exact) mass is 498 g/mol. The fourth-order valence-electron chi connectivity index (χ4n) is 3.56. The number of nitrogens with zero attached hydrogens (tertiary/aromatic N) is 3. The van der Waals surface area contributed by atoms with Crippen molar-refractivity contribution in [1.82, 2.24) is 20.3 Å². The van der Waals surface area contributed by atoms with Gasteiger partial charge in [-0.05, 0) is 26.7 Å². The van der Waals surface area contributed by atoms with Gasteiger partial charge < -0.3 is 29.3 Å². The third-order valence-corrected chi connectivity index (χ3v) is 7.48. The number of aromatic nitrogens is 3. The Morgan fingerprint density at radius 2 is 1.88 bits per heavy atom. The number of carbonyl (C=O) groups excluding carboxylic acids is 1. The van der Waals surface area contributed by atoms with Crippen molar-refractivity contribution in [2.75, 3.05) is 19.8 Å². The molecule has 15 nitrogen and oxygen atoms in total. The molecule has 0 radical (unpaired) electrons. The number of phosphoric acid groups is 2. The van der Waals surface area contributed by atoms with E-state index >= 15 is 0 Å². The molecule has 1 aromatic rings. The molecule has 1 aromatic heterocycles. The molecule has 2 unspecified atom stereocenters. The molecule has 0 saturated carbocycles. The summed E-state index contributed by atoms with van der Waals surface area (Å²) in [4.78, 5) is 31.9. The Morgan fingerprint density at radius 1 is 1.16 bits per heavy atom. The lowest BCUT2D eigenvalue weighted by Gasteiger charge is -2.24. The van der Waals surface area contributed by atoms with Crippen LogP contribution >= 0.6 is 15.6 Å². The average Bonchev–Trinajstić information content (AvgIpc) is 3.34. The van der Waals surface area contributed by atoms with Crippen LogP contribution in [0, 0.1) is 0 Å². The number of carbonyl (C=O) groups is 1. The molecule has 4 rings (SSSR count). The zero-order valence-corrected chi connectivity index (χ0v) is 19.0. The molecule has 180 valence electrons. The normalized spacial score (nSPS) is 40.8. The summed E-state index contributed by atoms with van der Waals surface area (Å²) in [6.45, 7) is 2.80. The zero-order chi connectivity index (χ0) is 23.1. The first kappa shape index (κ1) is 23.9. The minimum atomic E-state index is -4.98. The Hall–Kier alpha value is -1.25. The number of hydrogen-bond donors (Lipinski definition) is 3. The molecule has 6 atom stereocenters. The van der Waals surface area contributed by atoms with Crippen molar-refractivity contribution in [3.8, 4) is 0 Å². The SMILES string of the molecule is CC1(C)O[C@@H]2[C@H](O1)[C@H]1COP(=O)(O)OP(=O)(O)OCCCCNC(=O)c3cn(nn3)[C@@H]2O1. The lowest BCUT2D eigenvalue weighted by Crippen LogP contribution is -2.32. The number of ether oxygens (including phenoxy) is 3. The molecule has 3 aliphatic rings. The number of fused-ring (bicyclic) bond motifs is 8. The lowest BCUT2D eigenvalue weighted by atomic mass is 10.1. The second-order valence-electron chi connectivity index (χ2n) is 7.82. The van der Waals surface area contributed by atoms with Gasteiger partial charge in [-0.15, -0.1) is 5.10 Å². The van der Waals surface area contributed by atoms with E-state index in [1.165, 1.54) is 10.9 Å². The van der Waals surface area contributed by atoms with Gasteiger partial charge in [0.2, 0.25) is 0 Å². The van der Waals surface area contributed by atoms with Crippen molar-refractivity contribution in [2.45, 2.75) is 57.0 Å². The maximum atomic E-state index is 12.3. The summed E-state index contributed by atoms with van der Waals surface area (Å²) >= 11 is 0. The summed E-state index contributed by atoms with van der Waals surface area (Å²) < 4.78 is 56.9. The average molecular weight is 498 g/mol. The molecule has 2 saturated heterocycles. The minimum Gasteiger partial charge on any atom is -0.351 e. The third kappa shape index (κ3) is 5.45. The van der Waals surface area contributed by atoms with Gasteiger partial charge in [0.05, 0.1) is 19.4 Å². The Morgan fingerprint density at radius 3 is 2.66 bits per heavy atom. The summed E-state index contributed by atoms with van der Waals surface area (Å²) in [5.74, 6) is -1.46. The predicted molar refractivity (Wildman–Crippen MR) is 102 cm³/mol. The van der Waals surface area contributed by atoms with Crippen LogP contribution in [0.4, 0.5) is 0 Å². The molecule has 2 fully saturated rings. The molecule has 4 heterocycles. The minimum absolute atomic E-state index is 0.0495. The molecule has 4 bridgehead atoms. The van der Waals surface area contributed by atoms with Crippen molar-refractivity contribution in [3.63, 3.8) is 0 Å². The fourth-order valence-corrected chi connectivity index (χ4v) is 5.67. The third-order valence-electron chi connectivity index (χ3n) is 4.85. The zero-order valence-electron chi connectivity index (χ0n) is 17.2. The van der Waals surface area contributed by atoms with E-state index in [-0.39, 0.29) is 25.3 Å². The first-order valence-corrected chi connectivity index (χ1v) is 12.8. The lowest BCUT2D eigenvalue weighted by molar-refractivity contribution is -0.201. The largest absolute Gasteiger partial charge is 0.481 e. The summed E-state index contributed by atoms with van der Waals surface area (Å²) in [6, 6.07) is 0. The number of amides is 1. The number of phosphoric ester groups is 2. The van der Waals surface area contributed by atoms with Crippen LogP contribution < -0.4 is 5.32 Å². The van der Waals surface area contributed by atoms with Gasteiger partial charge in [-0.25, -0.2) is 13.8 Å². The molecule has 1 amide bonds. The second kappa shape index (κ2) is 8.84. The van der Waals surface area contributed by atoms with E-state index in [2.05, 4.69) is 24.5 Å². The van der Waals surface area contributed by atoms with Gasteiger partial charge in [0.25, 0.3) is 5.91 Å². The molecular weight excluding hydrogens is 474 g/mol. The van der Waals surface area contributed by atoms with Crippen molar-refractivity contribution in [1.29, 1.82) is 0 Å². The van der Waals surface area contributed by atoms with Gasteiger partial charge >= 0.3 is 15.6 Å². The van der Waals surface area contributed by atoms with E-state index < -0.39 is 58.5 Å². The van der Waals surface area contributed by atoms with Crippen molar-refractivity contribution >= 4 is 21.6 Å². The first-order valence-electron chi connectivity index (χ1n) is 9.82. The second-order valence-corrected chi connectivity index (χ2v) is 10.9. The van der Waals surface area contributed by atoms with Gasteiger partial charge in [-0.1, -0.05) is 5.21 Å². The van der Waals surface area contributed by atoms with Gasteiger partial charge in [0.1, 0.15) is 18.3 Å². The smallest absolute Gasteiger partial charge is 0.351 e. The maximum Gasteiger partial charge on any atom is 0.481 e. The first-order chi connectivity index (χ1) is 14.9. The topological polar surface area (TPSA) is 190 Å². The molecule has 32 heavy (non-hydrogen) atoms. The summed E-state index contributed by atoms with van der Waals surface area (Å²) in [5, 5.41) is 10.4. The number of rotatable bonds is 0. The van der Waals surface area contributed by atoms with Gasteiger partial charge in [0, 0.05) is 6.54 Å². The number of nitrogens with one attached hydrogen (secondary N) is 1. The Labute approximate surface area is 182 Å². The summed E-state index contributed by atoms with van der Waals surface area (Å²) in [7, 11) is -9.85. The molecule has 17 heteroatoms. The van der Waals surface area contributed by atoms with Crippen LogP contribution in [0.2, 0.25) is 0 Å². The van der Waals surface area contributed by atoms with Crippen LogP contribution in [0.5, 0.6) is 0 Å². The van der Waals surface area contributed by atoms with Crippen LogP contribution in [0.1, 0.15) is 43.4 Å². The van der Waals surface area contributed by atoms with Gasteiger partial charge in [-0.2, -0.15) is 4.31 Å². The van der Waals surface area contributed by atoms with E-state index in [1.807, 2.05) is 0 Å². The van der Waals surface area contributed by atoms with E-state index in [0.29, 0.717) is 6.42 Å². The Bertz CT molecular complexity index is 956. The van der Waals surface area contributed by atoms with Gasteiger partial charge in [0.15, 0.2) is 17.7 Å². The molecule has 0 spiro atoms. The highest BCUT2D eigenvalue weighted by Crippen LogP contribution is 2.60. The molecule has 0 aromatic carbocycles. The van der Waals surface area contributed by atoms with Crippen LogP contribution in [0.25, 0.3) is 0 Å². The molecule has 3 aliphatic heterocycles. The Balaban J connectivity index is 1.59. The van der Waals surface area contributed by atoms with Gasteiger partial charge in [-0.3, -0.25) is 13.8 Å². The highest BCUT2D eigenvalue weighted by molar-refractivity contribution is 7.61. The van der Waals surface area contributed by atoms with E-state index in [0.717, 1.165) is 0 Å². The quantitative estimate of drug-likeness (QED) is 0.419. The van der Waals surface area contributed by atoms with E-state index in [1.54, 1.807) is 13.8 Å². The van der Waals surface area contributed by atoms with Crippen LogP contribution in [0.3, 0.4) is 0 Å². The number of hydrogen-bond acceptors (Lipinski definition) is 11. The summed E-state index contributed by atoms with van der Waals surface area (Å²) in [6.07, 6.45) is -1.21. The highest BCUT2D eigenvalue weighted by Gasteiger charge is 2.57. The molecular formula is C15H24N4O11P2. The van der Waals surface area contributed by atoms with E-state index in [9.17, 15) is 23.7 Å². The molecule has 0 aliphatic carbocycles. The maximum absolute atomic E-state index is 12.3. The van der Waals surface area contributed by atoms with Crippen LogP contribution in [-0.4, -0.2) is 74.5 Å². The predicted octanol–water partition coefficient (Wildman–Crippen LogP) is 0.470. The van der Waals surface area contributed by atoms with Crippen LogP contribution in [0.15, 0.2) is 6.20 Å². The van der Waals surface area contributed by atoms with Crippen molar-refractivity contribution in [2.24, 2.45) is 0 Å². The highest BCUT2D eigenvalue weighted by atomic mass is 31.3. The van der Waals surface area contributed by atoms with Crippen LogP contribution in [-0.2, 0) is 36.7 Å². The summed E-state index contributed by atoms with van der Waals surface area (Å²) in [5.41, 5.74) is 0.0495. The molecule has 3 N–H and O–H groups in total. The van der Waals surface area contributed by atoms with E-state index in [4.69, 9.17) is 18.7 Å². The van der Waals surface area contributed by atoms with Crippen molar-refractivity contribution in [3.05, 3.63) is 11.9 Å². The standard InChI is InChI=1S/C15H24N4O11P2/c1-15(2)28-11-10-8-26-32(23,24)30-31(21,22)25-6-4-3-5-16-13(20)9-7-19(18-17-9)14(27-10)12(11)29-15/h7,10-12,14H,3-6,8H2,1-2H3,(H,16,20)(H,21,22)(H,23,24)/t10-,11-,12-,14-/m1/s1. The van der Waals surface area contributed by atoms with Crippen molar-refractivity contribution < 1.29 is 51.3 Å². The fraction of sp³-hybridized carbons (Fsp3) is 0.800.